The second-order valence-corrected chi connectivity index (χ2v) is 11.4. The molecule has 2 N–H and O–H groups in total. The van der Waals surface area contributed by atoms with Crippen molar-refractivity contribution in [1.82, 2.24) is 15.5 Å². The van der Waals surface area contributed by atoms with E-state index in [1.165, 1.54) is 6.07 Å². The number of amidine groups is 1. The number of allylic oxidation sites excluding steroid dienone is 1. The summed E-state index contributed by atoms with van der Waals surface area (Å²) in [5.41, 5.74) is 4.20. The number of aryl methyl sites for hydroxylation is 2. The van der Waals surface area contributed by atoms with E-state index >= 15 is 4.39 Å². The first kappa shape index (κ1) is 27.3. The Morgan fingerprint density at radius 1 is 1.05 bits per heavy atom. The van der Waals surface area contributed by atoms with E-state index in [2.05, 4.69) is 28.8 Å². The molecule has 2 amide bonds. The van der Waals surface area contributed by atoms with E-state index in [9.17, 15) is 9.59 Å². The molecule has 0 radical (unpaired) electrons. The predicted octanol–water partition coefficient (Wildman–Crippen LogP) is 5.09. The Hall–Kier alpha value is -3.32. The highest BCUT2D eigenvalue weighted by Crippen LogP contribution is 2.44. The van der Waals surface area contributed by atoms with Crippen molar-refractivity contribution in [2.45, 2.75) is 71.3 Å². The summed E-state index contributed by atoms with van der Waals surface area (Å²) < 4.78 is 15.1. The average molecular weight is 531 g/mol. The van der Waals surface area contributed by atoms with Gasteiger partial charge in [0.05, 0.1) is 23.2 Å². The van der Waals surface area contributed by atoms with Gasteiger partial charge in [-0.25, -0.2) is 9.38 Å². The minimum atomic E-state index is -0.935. The lowest BCUT2D eigenvalue weighted by atomic mass is 9.77. The molecule has 2 heterocycles. The topological polar surface area (TPSA) is 73.8 Å². The number of nitrogens with one attached hydrogen (secondary N) is 2. The predicted molar refractivity (Wildman–Crippen MR) is 152 cm³/mol. The normalized spacial score (nSPS) is 19.7. The van der Waals surface area contributed by atoms with Crippen LogP contribution in [0.5, 0.6) is 0 Å². The van der Waals surface area contributed by atoms with Gasteiger partial charge in [0, 0.05) is 18.0 Å². The molecular weight excluding hydrogens is 491 g/mol. The summed E-state index contributed by atoms with van der Waals surface area (Å²) in [4.78, 5) is 34.6. The van der Waals surface area contributed by atoms with Crippen molar-refractivity contribution < 1.29 is 14.0 Å². The summed E-state index contributed by atoms with van der Waals surface area (Å²) in [6.45, 7) is 8.24. The number of rotatable bonds is 6. The molecule has 5 rings (SSSR count). The number of aliphatic imine (C=N–C) groups is 1. The van der Waals surface area contributed by atoms with Gasteiger partial charge in [-0.05, 0) is 71.2 Å². The van der Waals surface area contributed by atoms with Crippen molar-refractivity contribution in [1.29, 1.82) is 0 Å². The summed E-state index contributed by atoms with van der Waals surface area (Å²) in [6.07, 6.45) is 4.71. The van der Waals surface area contributed by atoms with Gasteiger partial charge in [0.15, 0.2) is 0 Å². The number of carbonyl (C=O) groups excluding carboxylic acids is 2. The maximum atomic E-state index is 15.1. The van der Waals surface area contributed by atoms with Gasteiger partial charge >= 0.3 is 0 Å². The van der Waals surface area contributed by atoms with E-state index in [-0.39, 0.29) is 30.1 Å². The molecule has 7 heteroatoms. The molecule has 2 aromatic rings. The largest absolute Gasteiger partial charge is 0.348 e. The zero-order chi connectivity index (χ0) is 27.6. The van der Waals surface area contributed by atoms with Gasteiger partial charge in [0.2, 0.25) is 5.91 Å². The number of hydrogen-bond donors (Lipinski definition) is 2. The molecule has 1 aliphatic carbocycles. The third-order valence-electron chi connectivity index (χ3n) is 8.53. The lowest BCUT2D eigenvalue weighted by Crippen LogP contribution is -2.51. The fourth-order valence-electron chi connectivity index (χ4n) is 6.64. The van der Waals surface area contributed by atoms with Crippen molar-refractivity contribution in [3.63, 3.8) is 0 Å². The van der Waals surface area contributed by atoms with Gasteiger partial charge in [0.25, 0.3) is 5.91 Å². The van der Waals surface area contributed by atoms with E-state index in [0.717, 1.165) is 61.2 Å². The van der Waals surface area contributed by atoms with Crippen LogP contribution in [0.4, 0.5) is 4.39 Å². The summed E-state index contributed by atoms with van der Waals surface area (Å²) in [6, 6.07) is 12.9. The van der Waals surface area contributed by atoms with Gasteiger partial charge < -0.3 is 10.6 Å². The van der Waals surface area contributed by atoms with E-state index < -0.39 is 5.41 Å². The lowest BCUT2D eigenvalue weighted by molar-refractivity contribution is -0.133. The van der Waals surface area contributed by atoms with Gasteiger partial charge in [0.1, 0.15) is 11.7 Å². The molecule has 2 fully saturated rings. The lowest BCUT2D eigenvalue weighted by Gasteiger charge is -2.38. The molecule has 3 aliphatic rings. The highest BCUT2D eigenvalue weighted by atomic mass is 19.1. The van der Waals surface area contributed by atoms with Gasteiger partial charge in [-0.2, -0.15) is 0 Å². The number of amides is 2. The van der Waals surface area contributed by atoms with Crippen LogP contribution in [0, 0.1) is 25.6 Å². The summed E-state index contributed by atoms with van der Waals surface area (Å²) in [7, 11) is 0. The molecule has 0 aromatic heterocycles. The minimum Gasteiger partial charge on any atom is -0.348 e. The van der Waals surface area contributed by atoms with Crippen molar-refractivity contribution >= 4 is 17.6 Å². The molecule has 0 atom stereocenters. The van der Waals surface area contributed by atoms with Crippen LogP contribution < -0.4 is 10.6 Å². The third kappa shape index (κ3) is 5.55. The molecule has 6 nitrogen and oxygen atoms in total. The van der Waals surface area contributed by atoms with Crippen LogP contribution in [-0.4, -0.2) is 42.2 Å². The number of nitrogens with zero attached hydrogens (tertiary/aromatic N) is 2. The highest BCUT2D eigenvalue weighted by Gasteiger charge is 2.48. The number of hydrogen-bond acceptors (Lipinski definition) is 4. The molecule has 1 saturated heterocycles. The van der Waals surface area contributed by atoms with Gasteiger partial charge in [-0.3, -0.25) is 14.5 Å². The monoisotopic (exact) mass is 530 g/mol. The zero-order valence-electron chi connectivity index (χ0n) is 23.3. The molecule has 206 valence electrons. The zero-order valence-corrected chi connectivity index (χ0v) is 23.3. The Balaban J connectivity index is 1.46. The Morgan fingerprint density at radius 3 is 2.38 bits per heavy atom. The number of benzene rings is 2. The molecule has 2 aliphatic heterocycles. The summed E-state index contributed by atoms with van der Waals surface area (Å²) in [5, 5.41) is 6.49. The van der Waals surface area contributed by atoms with Crippen LogP contribution >= 0.6 is 0 Å². The third-order valence-corrected chi connectivity index (χ3v) is 8.53. The first-order valence-corrected chi connectivity index (χ1v) is 14.2. The summed E-state index contributed by atoms with van der Waals surface area (Å²) >= 11 is 0. The van der Waals surface area contributed by atoms with Crippen molar-refractivity contribution in [3.05, 3.63) is 81.8 Å². The fraction of sp³-hybridized carbons (Fsp3) is 0.469. The Morgan fingerprint density at radius 2 is 1.72 bits per heavy atom. The maximum absolute atomic E-state index is 15.1. The quantitative estimate of drug-likeness (QED) is 0.547. The fourth-order valence-corrected chi connectivity index (χ4v) is 6.64. The van der Waals surface area contributed by atoms with Crippen LogP contribution in [0.25, 0.3) is 0 Å². The van der Waals surface area contributed by atoms with E-state index in [4.69, 9.17) is 4.99 Å². The molecular formula is C32H39FN4O2. The van der Waals surface area contributed by atoms with E-state index in [0.29, 0.717) is 36.4 Å². The summed E-state index contributed by atoms with van der Waals surface area (Å²) in [5.74, 6) is 0.0459. The molecule has 2 aromatic carbocycles. The standard InChI is InChI=1S/C32H39FN4O2/c1-21-16-22(2)18-24(17-21)19-35-30(38)26-20-37(23(3)36-29(26)25-10-14-34-15-11-25)31(39)32(12-6-7-13-32)27-8-4-5-9-28(27)33/h4-5,8-9,16-18,25,34H,6-7,10-15,19-20H2,1-3H3,(H,35,38). The van der Waals surface area contributed by atoms with Crippen molar-refractivity contribution in [2.24, 2.45) is 10.9 Å². The molecule has 1 saturated carbocycles. The van der Waals surface area contributed by atoms with Crippen LogP contribution in [0.2, 0.25) is 0 Å². The number of carbonyl (C=O) groups is 2. The molecule has 0 spiro atoms. The number of piperidine rings is 1. The molecule has 39 heavy (non-hydrogen) atoms. The SMILES string of the molecule is CC1=NC(C2CCNCC2)=C(C(=O)NCc2cc(C)cc(C)c2)CN1C(=O)C1(c2ccccc2F)CCCC1. The first-order chi connectivity index (χ1) is 18.8. The van der Waals surface area contributed by atoms with Crippen LogP contribution in [0.15, 0.2) is 58.7 Å². The van der Waals surface area contributed by atoms with Crippen molar-refractivity contribution in [3.8, 4) is 0 Å². The Kier molecular flexibility index (Phi) is 7.98. The van der Waals surface area contributed by atoms with Crippen LogP contribution in [-0.2, 0) is 21.5 Å². The smallest absolute Gasteiger partial charge is 0.251 e. The average Bonchev–Trinajstić information content (AvgIpc) is 3.42. The van der Waals surface area contributed by atoms with Crippen molar-refractivity contribution in [2.75, 3.05) is 19.6 Å². The van der Waals surface area contributed by atoms with E-state index in [1.54, 1.807) is 23.1 Å². The Bertz CT molecular complexity index is 1300. The first-order valence-electron chi connectivity index (χ1n) is 14.2. The minimum absolute atomic E-state index is 0.155. The molecule has 0 unspecified atom stereocenters. The Labute approximate surface area is 230 Å². The highest BCUT2D eigenvalue weighted by molar-refractivity contribution is 6.06. The van der Waals surface area contributed by atoms with Crippen LogP contribution in [0.1, 0.15) is 67.7 Å². The second kappa shape index (κ2) is 11.4. The number of halogens is 1. The van der Waals surface area contributed by atoms with Gasteiger partial charge in [-0.15, -0.1) is 0 Å². The van der Waals surface area contributed by atoms with Gasteiger partial charge in [-0.1, -0.05) is 60.4 Å². The van der Waals surface area contributed by atoms with E-state index in [1.807, 2.05) is 20.8 Å². The maximum Gasteiger partial charge on any atom is 0.251 e. The second-order valence-electron chi connectivity index (χ2n) is 11.4. The van der Waals surface area contributed by atoms with Crippen LogP contribution in [0.3, 0.4) is 0 Å². The molecule has 0 bridgehead atoms.